The van der Waals surface area contributed by atoms with E-state index >= 15 is 0 Å². The second kappa shape index (κ2) is 9.98. The summed E-state index contributed by atoms with van der Waals surface area (Å²) >= 11 is 6.24. The predicted molar refractivity (Wildman–Crippen MR) is 90.2 cm³/mol. The molecule has 0 unspecified atom stereocenters. The summed E-state index contributed by atoms with van der Waals surface area (Å²) in [5.41, 5.74) is 0.907. The minimum absolute atomic E-state index is 0.616. The average Bonchev–Trinajstić information content (AvgIpc) is 2.46. The molecule has 0 aliphatic rings. The molecule has 1 aromatic rings. The van der Waals surface area contributed by atoms with Gasteiger partial charge in [-0.15, -0.1) is 0 Å². The van der Waals surface area contributed by atoms with Crippen LogP contribution in [0.15, 0.2) is 12.1 Å². The molecule has 0 spiro atoms. The summed E-state index contributed by atoms with van der Waals surface area (Å²) in [5.74, 6) is 1.58. The van der Waals surface area contributed by atoms with E-state index in [2.05, 4.69) is 31.0 Å². The van der Waals surface area contributed by atoms with E-state index in [1.54, 1.807) is 0 Å². The Bertz CT molecular complexity index is 413. The normalized spacial score (nSPS) is 11.1. The fourth-order valence-corrected chi connectivity index (χ4v) is 2.18. The Labute approximate surface area is 133 Å². The van der Waals surface area contributed by atoms with E-state index in [0.29, 0.717) is 12.5 Å². The number of pyridine rings is 1. The summed E-state index contributed by atoms with van der Waals surface area (Å²) in [6.45, 7) is 13.4. The van der Waals surface area contributed by atoms with Gasteiger partial charge in [0.25, 0.3) is 0 Å². The smallest absolute Gasteiger partial charge is 0.129 e. The molecule has 0 radical (unpaired) electrons. The Morgan fingerprint density at radius 2 is 2.10 bits per heavy atom. The molecule has 120 valence electrons. The van der Waals surface area contributed by atoms with Crippen LogP contribution in [0.25, 0.3) is 0 Å². The van der Waals surface area contributed by atoms with Gasteiger partial charge in [-0.3, -0.25) is 0 Å². The maximum atomic E-state index is 6.24. The number of ether oxygens (including phenoxy) is 1. The van der Waals surface area contributed by atoms with E-state index in [1.165, 1.54) is 0 Å². The third-order valence-electron chi connectivity index (χ3n) is 3.16. The van der Waals surface area contributed by atoms with Crippen molar-refractivity contribution in [3.8, 4) is 0 Å². The first-order chi connectivity index (χ1) is 10.1. The van der Waals surface area contributed by atoms with Gasteiger partial charge in [0.1, 0.15) is 5.82 Å². The Balaban J connectivity index is 2.69. The lowest BCUT2D eigenvalue weighted by atomic mass is 10.2. The van der Waals surface area contributed by atoms with Crippen LogP contribution < -0.4 is 10.2 Å². The topological polar surface area (TPSA) is 37.4 Å². The highest BCUT2D eigenvalue weighted by molar-refractivity contribution is 6.31. The molecule has 0 aromatic carbocycles. The minimum Gasteiger partial charge on any atom is -0.380 e. The van der Waals surface area contributed by atoms with Crippen LogP contribution >= 0.6 is 11.6 Å². The standard InChI is InChI=1S/C16H28ClN3O/c1-5-20(9-10-21-6-2)16-8-7-14(17)15(19-16)12-18-11-13(3)4/h7-8,13,18H,5-6,9-12H2,1-4H3. The molecule has 1 heterocycles. The van der Waals surface area contributed by atoms with Gasteiger partial charge in [-0.1, -0.05) is 25.4 Å². The van der Waals surface area contributed by atoms with Crippen molar-refractivity contribution in [2.75, 3.05) is 37.7 Å². The molecule has 1 rings (SSSR count). The number of rotatable bonds is 10. The predicted octanol–water partition coefficient (Wildman–Crippen LogP) is 3.34. The first-order valence-electron chi connectivity index (χ1n) is 7.77. The number of likely N-dealkylation sites (N-methyl/N-ethyl adjacent to an activating group) is 1. The van der Waals surface area contributed by atoms with Crippen molar-refractivity contribution in [1.29, 1.82) is 0 Å². The van der Waals surface area contributed by atoms with Crippen molar-refractivity contribution < 1.29 is 4.74 Å². The summed E-state index contributed by atoms with van der Waals surface area (Å²) in [6, 6.07) is 3.91. The lowest BCUT2D eigenvalue weighted by Crippen LogP contribution is -2.28. The fourth-order valence-electron chi connectivity index (χ4n) is 2.01. The van der Waals surface area contributed by atoms with Crippen LogP contribution in [-0.2, 0) is 11.3 Å². The Kier molecular flexibility index (Phi) is 8.66. The van der Waals surface area contributed by atoms with Crippen molar-refractivity contribution in [3.63, 3.8) is 0 Å². The van der Waals surface area contributed by atoms with Crippen LogP contribution in [0.4, 0.5) is 5.82 Å². The number of halogens is 1. The molecule has 1 aromatic heterocycles. The molecule has 0 aliphatic heterocycles. The molecule has 0 saturated heterocycles. The molecule has 0 bridgehead atoms. The Morgan fingerprint density at radius 1 is 1.33 bits per heavy atom. The molecule has 1 N–H and O–H groups in total. The van der Waals surface area contributed by atoms with Crippen molar-refractivity contribution in [1.82, 2.24) is 10.3 Å². The van der Waals surface area contributed by atoms with Crippen molar-refractivity contribution in [2.24, 2.45) is 5.92 Å². The highest BCUT2D eigenvalue weighted by Crippen LogP contribution is 2.19. The molecule has 4 nitrogen and oxygen atoms in total. The van der Waals surface area contributed by atoms with Gasteiger partial charge >= 0.3 is 0 Å². The molecule has 0 saturated carbocycles. The maximum absolute atomic E-state index is 6.24. The second-order valence-corrected chi connectivity index (χ2v) is 5.81. The average molecular weight is 314 g/mol. The van der Waals surface area contributed by atoms with Crippen LogP contribution in [0.2, 0.25) is 5.02 Å². The lowest BCUT2D eigenvalue weighted by Gasteiger charge is -2.22. The van der Waals surface area contributed by atoms with E-state index < -0.39 is 0 Å². The lowest BCUT2D eigenvalue weighted by molar-refractivity contribution is 0.154. The van der Waals surface area contributed by atoms with E-state index in [0.717, 1.165) is 49.4 Å². The van der Waals surface area contributed by atoms with E-state index in [4.69, 9.17) is 21.3 Å². The Hall–Kier alpha value is -0.840. The van der Waals surface area contributed by atoms with Gasteiger partial charge < -0.3 is 15.0 Å². The largest absolute Gasteiger partial charge is 0.380 e. The number of hydrogen-bond donors (Lipinski definition) is 1. The molecule has 5 heteroatoms. The molecule has 0 fully saturated rings. The van der Waals surface area contributed by atoms with Gasteiger partial charge in [0, 0.05) is 26.2 Å². The second-order valence-electron chi connectivity index (χ2n) is 5.40. The van der Waals surface area contributed by atoms with E-state index in [1.807, 2.05) is 19.1 Å². The SMILES string of the molecule is CCOCCN(CC)c1ccc(Cl)c(CNCC(C)C)n1. The van der Waals surface area contributed by atoms with Crippen molar-refractivity contribution >= 4 is 17.4 Å². The first-order valence-corrected chi connectivity index (χ1v) is 8.15. The summed E-state index contributed by atoms with van der Waals surface area (Å²) in [5, 5.41) is 4.11. The third-order valence-corrected chi connectivity index (χ3v) is 3.51. The number of nitrogens with zero attached hydrogens (tertiary/aromatic N) is 2. The van der Waals surface area contributed by atoms with E-state index in [9.17, 15) is 0 Å². The molecule has 0 aliphatic carbocycles. The van der Waals surface area contributed by atoms with Crippen LogP contribution in [0.1, 0.15) is 33.4 Å². The van der Waals surface area contributed by atoms with Crippen LogP contribution in [0.5, 0.6) is 0 Å². The molecule has 0 atom stereocenters. The van der Waals surface area contributed by atoms with Gasteiger partial charge in [0.05, 0.1) is 17.3 Å². The number of nitrogens with one attached hydrogen (secondary N) is 1. The zero-order valence-corrected chi connectivity index (χ0v) is 14.4. The maximum Gasteiger partial charge on any atom is 0.129 e. The highest BCUT2D eigenvalue weighted by atomic mass is 35.5. The minimum atomic E-state index is 0.616. The molecule has 0 amide bonds. The van der Waals surface area contributed by atoms with E-state index in [-0.39, 0.29) is 0 Å². The first kappa shape index (κ1) is 18.2. The molecule has 21 heavy (non-hydrogen) atoms. The van der Waals surface area contributed by atoms with Gasteiger partial charge in [-0.2, -0.15) is 0 Å². The van der Waals surface area contributed by atoms with Crippen molar-refractivity contribution in [2.45, 2.75) is 34.2 Å². The quantitative estimate of drug-likeness (QED) is 0.672. The number of hydrogen-bond acceptors (Lipinski definition) is 4. The third kappa shape index (κ3) is 6.64. The number of aromatic nitrogens is 1. The van der Waals surface area contributed by atoms with Gasteiger partial charge in [-0.25, -0.2) is 4.98 Å². The summed E-state index contributed by atoms with van der Waals surface area (Å²) in [7, 11) is 0. The number of anilines is 1. The van der Waals surface area contributed by atoms with Crippen LogP contribution in [0, 0.1) is 5.92 Å². The zero-order valence-electron chi connectivity index (χ0n) is 13.7. The Morgan fingerprint density at radius 3 is 2.71 bits per heavy atom. The summed E-state index contributed by atoms with van der Waals surface area (Å²) < 4.78 is 5.42. The van der Waals surface area contributed by atoms with Gasteiger partial charge in [0.2, 0.25) is 0 Å². The zero-order chi connectivity index (χ0) is 15.7. The monoisotopic (exact) mass is 313 g/mol. The van der Waals surface area contributed by atoms with Gasteiger partial charge in [-0.05, 0) is 38.4 Å². The van der Waals surface area contributed by atoms with Gasteiger partial charge in [0.15, 0.2) is 0 Å². The molecular weight excluding hydrogens is 286 g/mol. The summed E-state index contributed by atoms with van der Waals surface area (Å²) in [6.07, 6.45) is 0. The van der Waals surface area contributed by atoms with Crippen LogP contribution in [-0.4, -0.2) is 37.8 Å². The molecular formula is C16H28ClN3O. The van der Waals surface area contributed by atoms with Crippen molar-refractivity contribution in [3.05, 3.63) is 22.8 Å². The van der Waals surface area contributed by atoms with Crippen LogP contribution in [0.3, 0.4) is 0 Å². The summed E-state index contributed by atoms with van der Waals surface area (Å²) in [4.78, 5) is 6.90. The highest BCUT2D eigenvalue weighted by Gasteiger charge is 2.09. The fraction of sp³-hybridized carbons (Fsp3) is 0.688.